The molecule has 1 atom stereocenters. The predicted molar refractivity (Wildman–Crippen MR) is 46.5 cm³/mol. The van der Waals surface area contributed by atoms with E-state index >= 15 is 0 Å². The van der Waals surface area contributed by atoms with Crippen LogP contribution >= 0.6 is 0 Å². The summed E-state index contributed by atoms with van der Waals surface area (Å²) in [7, 11) is 1.40. The molecular weight excluding hydrogens is 170 g/mol. The molecule has 2 heterocycles. The third-order valence-corrected chi connectivity index (χ3v) is 2.18. The second-order valence-electron chi connectivity index (χ2n) is 3.08. The first-order valence-electron chi connectivity index (χ1n) is 4.19. The zero-order valence-corrected chi connectivity index (χ0v) is 7.37. The Labute approximate surface area is 75.9 Å². The largest absolute Gasteiger partial charge is 0.469 e. The molecule has 0 aliphatic carbocycles. The van der Waals surface area contributed by atoms with E-state index < -0.39 is 0 Å². The highest BCUT2D eigenvalue weighted by Crippen LogP contribution is 2.27. The van der Waals surface area contributed by atoms with E-state index in [-0.39, 0.29) is 12.0 Å². The minimum Gasteiger partial charge on any atom is -0.469 e. The Balaban J connectivity index is 1.95. The third-order valence-electron chi connectivity index (χ3n) is 2.18. The number of carbonyl (C=O) groups excluding carboxylic acids is 1. The molecule has 1 aliphatic rings. The van der Waals surface area contributed by atoms with Crippen molar-refractivity contribution in [3.63, 3.8) is 0 Å². The molecule has 0 amide bonds. The first kappa shape index (κ1) is 8.16. The van der Waals surface area contributed by atoms with Crippen molar-refractivity contribution in [2.45, 2.75) is 18.9 Å². The van der Waals surface area contributed by atoms with Crippen LogP contribution in [0.3, 0.4) is 0 Å². The van der Waals surface area contributed by atoms with Crippen molar-refractivity contribution in [3.8, 4) is 0 Å². The number of ether oxygens (including phenoxy) is 1. The summed E-state index contributed by atoms with van der Waals surface area (Å²) < 4.78 is 9.78. The van der Waals surface area contributed by atoms with Crippen LogP contribution in [0.25, 0.3) is 0 Å². The van der Waals surface area contributed by atoms with Crippen molar-refractivity contribution in [3.05, 3.63) is 18.1 Å². The lowest BCUT2D eigenvalue weighted by Gasteiger charge is -2.08. The van der Waals surface area contributed by atoms with Crippen LogP contribution < -0.4 is 5.32 Å². The number of hydrogen-bond donors (Lipinski definition) is 1. The molecule has 70 valence electrons. The summed E-state index contributed by atoms with van der Waals surface area (Å²) in [6.45, 7) is 0. The normalized spacial score (nSPS) is 19.3. The Morgan fingerprint density at radius 3 is 3.38 bits per heavy atom. The zero-order chi connectivity index (χ0) is 9.26. The Morgan fingerprint density at radius 1 is 1.85 bits per heavy atom. The van der Waals surface area contributed by atoms with Crippen LogP contribution in [0.15, 0.2) is 16.7 Å². The monoisotopic (exact) mass is 181 g/mol. The maximum atomic E-state index is 10.9. The zero-order valence-electron chi connectivity index (χ0n) is 7.37. The van der Waals surface area contributed by atoms with Crippen molar-refractivity contribution in [1.29, 1.82) is 0 Å². The third kappa shape index (κ3) is 1.52. The number of anilines is 1. The fourth-order valence-electron chi connectivity index (χ4n) is 1.53. The topological polar surface area (TPSA) is 51.5 Å². The molecule has 0 aromatic carbocycles. The average molecular weight is 181 g/mol. The van der Waals surface area contributed by atoms with Gasteiger partial charge in [-0.2, -0.15) is 0 Å². The summed E-state index contributed by atoms with van der Waals surface area (Å²) in [4.78, 5) is 10.9. The van der Waals surface area contributed by atoms with Crippen LogP contribution in [0.1, 0.15) is 12.2 Å². The van der Waals surface area contributed by atoms with Gasteiger partial charge in [0.1, 0.15) is 5.76 Å². The SMILES string of the molecule is COC(=O)C[C@H]1Cc2occc2N1. The lowest BCUT2D eigenvalue weighted by molar-refractivity contribution is -0.140. The number of hydrogen-bond acceptors (Lipinski definition) is 4. The van der Waals surface area contributed by atoms with E-state index in [9.17, 15) is 4.79 Å². The fourth-order valence-corrected chi connectivity index (χ4v) is 1.53. The maximum Gasteiger partial charge on any atom is 0.307 e. The molecule has 0 radical (unpaired) electrons. The lowest BCUT2D eigenvalue weighted by atomic mass is 10.2. The first-order chi connectivity index (χ1) is 6.29. The average Bonchev–Trinajstić information content (AvgIpc) is 2.63. The smallest absolute Gasteiger partial charge is 0.307 e. The first-order valence-corrected chi connectivity index (χ1v) is 4.19. The molecular formula is C9H11NO3. The van der Waals surface area contributed by atoms with Crippen LogP contribution in [0.4, 0.5) is 5.69 Å². The van der Waals surface area contributed by atoms with Crippen molar-refractivity contribution >= 4 is 11.7 Å². The van der Waals surface area contributed by atoms with Crippen LogP contribution in [0, 0.1) is 0 Å². The maximum absolute atomic E-state index is 10.9. The van der Waals surface area contributed by atoms with E-state index in [0.29, 0.717) is 6.42 Å². The molecule has 0 saturated heterocycles. The molecule has 0 spiro atoms. The Hall–Kier alpha value is -1.45. The number of furan rings is 1. The molecule has 0 unspecified atom stereocenters. The van der Waals surface area contributed by atoms with Gasteiger partial charge in [0.25, 0.3) is 0 Å². The van der Waals surface area contributed by atoms with E-state index in [1.165, 1.54) is 7.11 Å². The molecule has 0 fully saturated rings. The standard InChI is InChI=1S/C9H11NO3/c1-12-9(11)5-6-4-8-7(10-6)2-3-13-8/h2-3,6,10H,4-5H2,1H3/t6-/m1/s1. The molecule has 0 saturated carbocycles. The minimum atomic E-state index is -0.192. The van der Waals surface area contributed by atoms with Gasteiger partial charge < -0.3 is 14.5 Å². The molecule has 1 N–H and O–H groups in total. The molecule has 0 bridgehead atoms. The summed E-state index contributed by atoms with van der Waals surface area (Å²) in [5.74, 6) is 0.733. The van der Waals surface area contributed by atoms with Gasteiger partial charge >= 0.3 is 5.97 Å². The van der Waals surface area contributed by atoms with Crippen molar-refractivity contribution in [2.75, 3.05) is 12.4 Å². The number of fused-ring (bicyclic) bond motifs is 1. The number of rotatable bonds is 2. The van der Waals surface area contributed by atoms with Gasteiger partial charge in [-0.15, -0.1) is 0 Å². The summed E-state index contributed by atoms with van der Waals surface area (Å²) in [5, 5.41) is 3.19. The summed E-state index contributed by atoms with van der Waals surface area (Å²) >= 11 is 0. The summed E-state index contributed by atoms with van der Waals surface area (Å²) in [6, 6.07) is 1.99. The van der Waals surface area contributed by atoms with E-state index in [1.807, 2.05) is 6.07 Å². The molecule has 1 aliphatic heterocycles. The number of esters is 1. The van der Waals surface area contributed by atoms with Crippen LogP contribution in [0.2, 0.25) is 0 Å². The van der Waals surface area contributed by atoms with E-state index in [1.54, 1.807) is 6.26 Å². The van der Waals surface area contributed by atoms with Gasteiger partial charge in [-0.1, -0.05) is 0 Å². The predicted octanol–water partition coefficient (Wildman–Crippen LogP) is 1.18. The fraction of sp³-hybridized carbons (Fsp3) is 0.444. The molecule has 13 heavy (non-hydrogen) atoms. The number of nitrogens with one attached hydrogen (secondary N) is 1. The highest BCUT2D eigenvalue weighted by atomic mass is 16.5. The van der Waals surface area contributed by atoms with Crippen molar-refractivity contribution < 1.29 is 13.9 Å². The summed E-state index contributed by atoms with van der Waals surface area (Å²) in [6.07, 6.45) is 2.80. The van der Waals surface area contributed by atoms with Gasteiger partial charge in [0.2, 0.25) is 0 Å². The van der Waals surface area contributed by atoms with Crippen LogP contribution in [0.5, 0.6) is 0 Å². The summed E-state index contributed by atoms with van der Waals surface area (Å²) in [5.41, 5.74) is 0.994. The number of carbonyl (C=O) groups is 1. The van der Waals surface area contributed by atoms with Gasteiger partial charge in [-0.3, -0.25) is 4.79 Å². The van der Waals surface area contributed by atoms with E-state index in [0.717, 1.165) is 17.9 Å². The Morgan fingerprint density at radius 2 is 2.69 bits per heavy atom. The van der Waals surface area contributed by atoms with E-state index in [4.69, 9.17) is 4.42 Å². The van der Waals surface area contributed by atoms with Crippen molar-refractivity contribution in [2.24, 2.45) is 0 Å². The highest BCUT2D eigenvalue weighted by molar-refractivity contribution is 5.71. The van der Waals surface area contributed by atoms with Gasteiger partial charge in [0.15, 0.2) is 0 Å². The molecule has 4 heteroatoms. The van der Waals surface area contributed by atoms with Gasteiger partial charge in [-0.25, -0.2) is 0 Å². The Bertz CT molecular complexity index is 298. The second kappa shape index (κ2) is 3.12. The quantitative estimate of drug-likeness (QED) is 0.696. The van der Waals surface area contributed by atoms with Gasteiger partial charge in [0, 0.05) is 12.5 Å². The van der Waals surface area contributed by atoms with E-state index in [2.05, 4.69) is 10.1 Å². The van der Waals surface area contributed by atoms with Crippen LogP contribution in [-0.2, 0) is 16.0 Å². The molecule has 2 rings (SSSR count). The lowest BCUT2D eigenvalue weighted by Crippen LogP contribution is -2.20. The molecule has 4 nitrogen and oxygen atoms in total. The molecule has 1 aromatic heterocycles. The minimum absolute atomic E-state index is 0.127. The molecule has 1 aromatic rings. The van der Waals surface area contributed by atoms with Crippen LogP contribution in [-0.4, -0.2) is 19.1 Å². The van der Waals surface area contributed by atoms with Gasteiger partial charge in [0.05, 0.1) is 25.5 Å². The number of methoxy groups -OCH3 is 1. The van der Waals surface area contributed by atoms with Crippen molar-refractivity contribution in [1.82, 2.24) is 0 Å². The highest BCUT2D eigenvalue weighted by Gasteiger charge is 2.25. The Kier molecular flexibility index (Phi) is 1.96. The van der Waals surface area contributed by atoms with Gasteiger partial charge in [-0.05, 0) is 6.07 Å². The second-order valence-corrected chi connectivity index (χ2v) is 3.08.